The second kappa shape index (κ2) is 7.76. The first-order valence-corrected chi connectivity index (χ1v) is 9.63. The maximum absolute atomic E-state index is 12.3. The number of amides is 1. The van der Waals surface area contributed by atoms with Gasteiger partial charge in [0.1, 0.15) is 0 Å². The summed E-state index contributed by atoms with van der Waals surface area (Å²) in [7, 11) is 0. The van der Waals surface area contributed by atoms with Crippen LogP contribution in [0.15, 0.2) is 60.1 Å². The van der Waals surface area contributed by atoms with Gasteiger partial charge < -0.3 is 0 Å². The summed E-state index contributed by atoms with van der Waals surface area (Å²) in [5, 5.41) is 5.61. The van der Waals surface area contributed by atoms with Gasteiger partial charge in [0.05, 0.1) is 17.4 Å². The maximum Gasteiger partial charge on any atom is 0.257 e. The number of anilines is 1. The molecule has 1 aliphatic rings. The summed E-state index contributed by atoms with van der Waals surface area (Å²) in [4.78, 5) is 23.8. The van der Waals surface area contributed by atoms with E-state index in [1.807, 2.05) is 36.5 Å². The summed E-state index contributed by atoms with van der Waals surface area (Å²) in [6.45, 7) is 1.87. The lowest BCUT2D eigenvalue weighted by Gasteiger charge is -2.22. The second-order valence-electron chi connectivity index (χ2n) is 6.35. The van der Waals surface area contributed by atoms with Crippen LogP contribution in [0.1, 0.15) is 40.6 Å². The first-order chi connectivity index (χ1) is 12.8. The van der Waals surface area contributed by atoms with Crippen LogP contribution in [0.5, 0.6) is 0 Å². The Morgan fingerprint density at radius 3 is 2.85 bits per heavy atom. The highest BCUT2D eigenvalue weighted by atomic mass is 32.1. The predicted molar refractivity (Wildman–Crippen MR) is 103 cm³/mol. The molecule has 1 aromatic carbocycles. The average Bonchev–Trinajstić information content (AvgIpc) is 3.32. The van der Waals surface area contributed by atoms with E-state index in [2.05, 4.69) is 31.6 Å². The van der Waals surface area contributed by atoms with Gasteiger partial charge in [-0.15, -0.1) is 11.3 Å². The van der Waals surface area contributed by atoms with Gasteiger partial charge in [0.25, 0.3) is 5.91 Å². The topological polar surface area (TPSA) is 58.1 Å². The van der Waals surface area contributed by atoms with E-state index < -0.39 is 0 Å². The van der Waals surface area contributed by atoms with Crippen molar-refractivity contribution in [3.8, 4) is 0 Å². The van der Waals surface area contributed by atoms with Crippen molar-refractivity contribution in [1.29, 1.82) is 0 Å². The molecular weight excluding hydrogens is 344 g/mol. The van der Waals surface area contributed by atoms with Gasteiger partial charge >= 0.3 is 0 Å². The van der Waals surface area contributed by atoms with E-state index in [1.54, 1.807) is 12.1 Å². The molecule has 0 aliphatic carbocycles. The number of likely N-dealkylation sites (tertiary alicyclic amines) is 1. The Hall–Kier alpha value is -2.57. The highest BCUT2D eigenvalue weighted by molar-refractivity contribution is 7.14. The highest BCUT2D eigenvalue weighted by Crippen LogP contribution is 2.34. The standard InChI is InChI=1S/C20H20N4OS/c25-19(15-7-2-1-3-8-15)23-20-22-17(14-26-20)18-10-6-12-24(18)13-16-9-4-5-11-21-16/h1-5,7-9,11,14,18H,6,10,12-13H2,(H,22,23,25)/t18-/m1/s1. The van der Waals surface area contributed by atoms with Gasteiger partial charge in [-0.1, -0.05) is 24.3 Å². The number of carbonyl (C=O) groups is 1. The molecule has 0 saturated carbocycles. The summed E-state index contributed by atoms with van der Waals surface area (Å²) < 4.78 is 0. The summed E-state index contributed by atoms with van der Waals surface area (Å²) in [6, 6.07) is 15.5. The Labute approximate surface area is 156 Å². The highest BCUT2D eigenvalue weighted by Gasteiger charge is 2.28. The molecule has 2 aromatic heterocycles. The van der Waals surface area contributed by atoms with E-state index in [0.717, 1.165) is 37.3 Å². The van der Waals surface area contributed by atoms with Gasteiger partial charge in [0, 0.05) is 23.7 Å². The maximum atomic E-state index is 12.3. The summed E-state index contributed by atoms with van der Waals surface area (Å²) >= 11 is 1.48. The van der Waals surface area contributed by atoms with Crippen molar-refractivity contribution in [1.82, 2.24) is 14.9 Å². The minimum absolute atomic E-state index is 0.122. The van der Waals surface area contributed by atoms with Crippen molar-refractivity contribution >= 4 is 22.4 Å². The zero-order valence-corrected chi connectivity index (χ0v) is 15.2. The molecule has 1 saturated heterocycles. The number of aromatic nitrogens is 2. The number of hydrogen-bond acceptors (Lipinski definition) is 5. The summed E-state index contributed by atoms with van der Waals surface area (Å²) in [6.07, 6.45) is 4.07. The lowest BCUT2D eigenvalue weighted by molar-refractivity contribution is 0.102. The fourth-order valence-electron chi connectivity index (χ4n) is 3.31. The molecule has 1 aliphatic heterocycles. The number of carbonyl (C=O) groups excluding carboxylic acids is 1. The minimum Gasteiger partial charge on any atom is -0.298 e. The van der Waals surface area contributed by atoms with E-state index in [-0.39, 0.29) is 11.9 Å². The van der Waals surface area contributed by atoms with Gasteiger partial charge in [0.2, 0.25) is 0 Å². The zero-order valence-electron chi connectivity index (χ0n) is 14.3. The number of thiazole rings is 1. The predicted octanol–water partition coefficient (Wildman–Crippen LogP) is 4.13. The van der Waals surface area contributed by atoms with E-state index in [9.17, 15) is 4.79 Å². The second-order valence-corrected chi connectivity index (χ2v) is 7.21. The molecule has 5 nitrogen and oxygen atoms in total. The van der Waals surface area contributed by atoms with Crippen LogP contribution in [-0.4, -0.2) is 27.3 Å². The Balaban J connectivity index is 1.44. The van der Waals surface area contributed by atoms with E-state index >= 15 is 0 Å². The fourth-order valence-corrected chi connectivity index (χ4v) is 4.06. The van der Waals surface area contributed by atoms with Crippen molar-refractivity contribution in [2.45, 2.75) is 25.4 Å². The summed E-state index contributed by atoms with van der Waals surface area (Å²) in [5.41, 5.74) is 2.75. The van der Waals surface area contributed by atoms with Crippen LogP contribution in [0, 0.1) is 0 Å². The molecule has 1 atom stereocenters. The van der Waals surface area contributed by atoms with Crippen molar-refractivity contribution < 1.29 is 4.79 Å². The third-order valence-electron chi connectivity index (χ3n) is 4.57. The molecule has 6 heteroatoms. The summed E-state index contributed by atoms with van der Waals surface area (Å²) in [5.74, 6) is -0.122. The molecule has 26 heavy (non-hydrogen) atoms. The first-order valence-electron chi connectivity index (χ1n) is 8.75. The minimum atomic E-state index is -0.122. The van der Waals surface area contributed by atoms with Gasteiger partial charge in [-0.3, -0.25) is 20.0 Å². The van der Waals surface area contributed by atoms with Crippen molar-refractivity contribution in [2.75, 3.05) is 11.9 Å². The van der Waals surface area contributed by atoms with Crippen LogP contribution in [-0.2, 0) is 6.54 Å². The Kier molecular flexibility index (Phi) is 5.04. The van der Waals surface area contributed by atoms with Gasteiger partial charge in [-0.2, -0.15) is 0 Å². The fraction of sp³-hybridized carbons (Fsp3) is 0.250. The molecule has 3 aromatic rings. The third kappa shape index (κ3) is 3.81. The molecule has 3 heterocycles. The van der Waals surface area contributed by atoms with Crippen LogP contribution >= 0.6 is 11.3 Å². The van der Waals surface area contributed by atoms with Crippen LogP contribution in [0.2, 0.25) is 0 Å². The monoisotopic (exact) mass is 364 g/mol. The quantitative estimate of drug-likeness (QED) is 0.740. The number of rotatable bonds is 5. The van der Waals surface area contributed by atoms with Crippen molar-refractivity contribution in [2.24, 2.45) is 0 Å². The SMILES string of the molecule is O=C(Nc1nc([C@H]2CCCN2Cc2ccccn2)cs1)c1ccccc1. The van der Waals surface area contributed by atoms with E-state index in [1.165, 1.54) is 11.3 Å². The van der Waals surface area contributed by atoms with Crippen LogP contribution < -0.4 is 5.32 Å². The smallest absolute Gasteiger partial charge is 0.257 e. The number of nitrogens with one attached hydrogen (secondary N) is 1. The molecule has 1 fully saturated rings. The Morgan fingerprint density at radius 2 is 2.04 bits per heavy atom. The lowest BCUT2D eigenvalue weighted by atomic mass is 10.1. The number of hydrogen-bond donors (Lipinski definition) is 1. The Bertz CT molecular complexity index is 866. The molecular formula is C20H20N4OS. The van der Waals surface area contributed by atoms with Crippen LogP contribution in [0.3, 0.4) is 0 Å². The van der Waals surface area contributed by atoms with Crippen LogP contribution in [0.25, 0.3) is 0 Å². The third-order valence-corrected chi connectivity index (χ3v) is 5.35. The zero-order chi connectivity index (χ0) is 17.8. The molecule has 132 valence electrons. The molecule has 4 rings (SSSR count). The van der Waals surface area contributed by atoms with Gasteiger partial charge in [0.15, 0.2) is 5.13 Å². The number of benzene rings is 1. The first kappa shape index (κ1) is 16.9. The molecule has 1 N–H and O–H groups in total. The van der Waals surface area contributed by atoms with Crippen molar-refractivity contribution in [3.05, 3.63) is 77.1 Å². The van der Waals surface area contributed by atoms with Gasteiger partial charge in [-0.05, 0) is 43.7 Å². The molecule has 0 unspecified atom stereocenters. The molecule has 1 amide bonds. The molecule has 0 bridgehead atoms. The van der Waals surface area contributed by atoms with E-state index in [4.69, 9.17) is 0 Å². The molecule has 0 spiro atoms. The Morgan fingerprint density at radius 1 is 1.19 bits per heavy atom. The average molecular weight is 364 g/mol. The van der Waals surface area contributed by atoms with Gasteiger partial charge in [-0.25, -0.2) is 4.98 Å². The number of pyridine rings is 1. The van der Waals surface area contributed by atoms with E-state index in [0.29, 0.717) is 10.7 Å². The number of nitrogens with zero attached hydrogens (tertiary/aromatic N) is 3. The largest absolute Gasteiger partial charge is 0.298 e. The lowest BCUT2D eigenvalue weighted by Crippen LogP contribution is -2.23. The van der Waals surface area contributed by atoms with Crippen LogP contribution in [0.4, 0.5) is 5.13 Å². The molecule has 0 radical (unpaired) electrons. The normalized spacial score (nSPS) is 17.3. The van der Waals surface area contributed by atoms with Crippen molar-refractivity contribution in [3.63, 3.8) is 0 Å².